The van der Waals surface area contributed by atoms with Crippen LogP contribution < -0.4 is 5.32 Å². The van der Waals surface area contributed by atoms with Crippen molar-refractivity contribution in [1.29, 1.82) is 0 Å². The van der Waals surface area contributed by atoms with Gasteiger partial charge in [0.05, 0.1) is 4.88 Å². The summed E-state index contributed by atoms with van der Waals surface area (Å²) in [6.07, 6.45) is 3.96. The van der Waals surface area contributed by atoms with Crippen molar-refractivity contribution in [2.45, 2.75) is 32.2 Å². The molecule has 24 heavy (non-hydrogen) atoms. The van der Waals surface area contributed by atoms with Crippen molar-refractivity contribution in [2.75, 3.05) is 20.1 Å². The Bertz CT molecular complexity index is 788. The maximum absolute atomic E-state index is 12.3. The number of rotatable bonds is 4. The van der Waals surface area contributed by atoms with Gasteiger partial charge in [-0.25, -0.2) is 0 Å². The normalized spacial score (nSPS) is 16.2. The summed E-state index contributed by atoms with van der Waals surface area (Å²) < 4.78 is 1.86. The zero-order chi connectivity index (χ0) is 16.7. The SMILES string of the molecule is CN1CCn2c(CCNC(=O)c3cc4c(s3)CCC4)nnc2C1=O. The van der Waals surface area contributed by atoms with Gasteiger partial charge in [-0.05, 0) is 30.9 Å². The third-order valence-electron chi connectivity index (χ3n) is 4.63. The molecule has 4 rings (SSSR count). The lowest BCUT2D eigenvalue weighted by molar-refractivity contribution is 0.0739. The van der Waals surface area contributed by atoms with Crippen LogP contribution in [-0.4, -0.2) is 51.6 Å². The first-order valence-electron chi connectivity index (χ1n) is 8.21. The summed E-state index contributed by atoms with van der Waals surface area (Å²) >= 11 is 1.61. The number of thiophene rings is 1. The highest BCUT2D eigenvalue weighted by Crippen LogP contribution is 2.30. The van der Waals surface area contributed by atoms with Gasteiger partial charge in [0.25, 0.3) is 11.8 Å². The molecule has 3 heterocycles. The summed E-state index contributed by atoms with van der Waals surface area (Å²) in [6.45, 7) is 1.85. The predicted molar refractivity (Wildman–Crippen MR) is 89.4 cm³/mol. The van der Waals surface area contributed by atoms with Gasteiger partial charge in [-0.15, -0.1) is 21.5 Å². The number of aromatic nitrogens is 3. The Labute approximate surface area is 143 Å². The number of hydrogen-bond acceptors (Lipinski definition) is 5. The highest BCUT2D eigenvalue weighted by Gasteiger charge is 2.26. The first-order valence-corrected chi connectivity index (χ1v) is 9.02. The maximum Gasteiger partial charge on any atom is 0.291 e. The monoisotopic (exact) mass is 345 g/mol. The molecule has 2 aromatic heterocycles. The van der Waals surface area contributed by atoms with E-state index in [1.54, 1.807) is 23.3 Å². The van der Waals surface area contributed by atoms with Crippen molar-refractivity contribution in [3.63, 3.8) is 0 Å². The van der Waals surface area contributed by atoms with Gasteiger partial charge in [0, 0.05) is 38.0 Å². The fourth-order valence-electron chi connectivity index (χ4n) is 3.25. The molecule has 0 aromatic carbocycles. The molecule has 0 radical (unpaired) electrons. The summed E-state index contributed by atoms with van der Waals surface area (Å²) in [6, 6.07) is 2.02. The zero-order valence-electron chi connectivity index (χ0n) is 13.5. The molecule has 8 heteroatoms. The van der Waals surface area contributed by atoms with Crippen LogP contribution in [0.5, 0.6) is 0 Å². The standard InChI is InChI=1S/C16H19N5O2S/c1-20-7-8-21-13(18-19-14(21)16(20)23)5-6-17-15(22)12-9-10-3-2-4-11(10)24-12/h9H,2-8H2,1H3,(H,17,22). The van der Waals surface area contributed by atoms with Crippen LogP contribution in [0, 0.1) is 0 Å². The topological polar surface area (TPSA) is 80.1 Å². The smallest absolute Gasteiger partial charge is 0.291 e. The minimum absolute atomic E-state index is 0.0245. The Balaban J connectivity index is 1.37. The molecule has 126 valence electrons. The van der Waals surface area contributed by atoms with Crippen LogP contribution in [0.1, 0.15) is 43.0 Å². The summed E-state index contributed by atoms with van der Waals surface area (Å²) in [7, 11) is 1.76. The summed E-state index contributed by atoms with van der Waals surface area (Å²) in [5, 5.41) is 11.0. The van der Waals surface area contributed by atoms with Gasteiger partial charge in [0.15, 0.2) is 0 Å². The van der Waals surface area contributed by atoms with Crippen molar-refractivity contribution in [1.82, 2.24) is 25.0 Å². The third-order valence-corrected chi connectivity index (χ3v) is 5.86. The van der Waals surface area contributed by atoms with E-state index in [-0.39, 0.29) is 11.8 Å². The van der Waals surface area contributed by atoms with Crippen molar-refractivity contribution < 1.29 is 9.59 Å². The van der Waals surface area contributed by atoms with Crippen LogP contribution in [0.3, 0.4) is 0 Å². The predicted octanol–water partition coefficient (Wildman–Crippen LogP) is 0.886. The number of likely N-dealkylation sites (N-methyl/N-ethyl adjacent to an activating group) is 1. The number of nitrogens with zero attached hydrogens (tertiary/aromatic N) is 4. The van der Waals surface area contributed by atoms with E-state index in [4.69, 9.17) is 0 Å². The molecule has 1 aliphatic carbocycles. The van der Waals surface area contributed by atoms with E-state index in [0.717, 1.165) is 23.5 Å². The van der Waals surface area contributed by atoms with Gasteiger partial charge < -0.3 is 14.8 Å². The lowest BCUT2D eigenvalue weighted by Gasteiger charge is -2.23. The van der Waals surface area contributed by atoms with E-state index >= 15 is 0 Å². The Hall–Kier alpha value is -2.22. The summed E-state index contributed by atoms with van der Waals surface area (Å²) in [4.78, 5) is 28.0. The van der Waals surface area contributed by atoms with Crippen LogP contribution >= 0.6 is 11.3 Å². The van der Waals surface area contributed by atoms with Crippen LogP contribution in [0.15, 0.2) is 6.07 Å². The van der Waals surface area contributed by atoms with Crippen molar-refractivity contribution in [2.24, 2.45) is 0 Å². The molecule has 1 N–H and O–H groups in total. The molecule has 0 saturated heterocycles. The van der Waals surface area contributed by atoms with Gasteiger partial charge in [-0.2, -0.15) is 0 Å². The van der Waals surface area contributed by atoms with E-state index in [1.807, 2.05) is 10.6 Å². The molecule has 2 aromatic rings. The minimum atomic E-state index is -0.0999. The average Bonchev–Trinajstić information content (AvgIpc) is 3.25. The van der Waals surface area contributed by atoms with Crippen LogP contribution in [0.4, 0.5) is 0 Å². The van der Waals surface area contributed by atoms with Crippen molar-refractivity contribution in [3.8, 4) is 0 Å². The molecule has 0 unspecified atom stereocenters. The lowest BCUT2D eigenvalue weighted by Crippen LogP contribution is -2.38. The van der Waals surface area contributed by atoms with E-state index in [0.29, 0.717) is 31.9 Å². The average molecular weight is 345 g/mol. The first-order chi connectivity index (χ1) is 11.6. The molecule has 1 aliphatic heterocycles. The molecule has 2 aliphatic rings. The van der Waals surface area contributed by atoms with Crippen LogP contribution in [0.25, 0.3) is 0 Å². The van der Waals surface area contributed by atoms with E-state index in [2.05, 4.69) is 15.5 Å². The molecule has 7 nitrogen and oxygen atoms in total. The quantitative estimate of drug-likeness (QED) is 0.892. The second kappa shape index (κ2) is 6.01. The van der Waals surface area contributed by atoms with Gasteiger partial charge >= 0.3 is 0 Å². The largest absolute Gasteiger partial charge is 0.351 e. The Kier molecular flexibility index (Phi) is 3.84. The number of carbonyl (C=O) groups excluding carboxylic acids is 2. The van der Waals surface area contributed by atoms with Gasteiger partial charge in [-0.3, -0.25) is 9.59 Å². The van der Waals surface area contributed by atoms with Crippen LogP contribution in [0.2, 0.25) is 0 Å². The molecule has 2 amide bonds. The molecule has 0 saturated carbocycles. The molecular weight excluding hydrogens is 326 g/mol. The Morgan fingerprint density at radius 1 is 1.33 bits per heavy atom. The van der Waals surface area contributed by atoms with Crippen LogP contribution in [-0.2, 0) is 25.8 Å². The van der Waals surface area contributed by atoms with Gasteiger partial charge in [-0.1, -0.05) is 0 Å². The van der Waals surface area contributed by atoms with E-state index < -0.39 is 0 Å². The number of fused-ring (bicyclic) bond motifs is 2. The zero-order valence-corrected chi connectivity index (χ0v) is 14.4. The fourth-order valence-corrected chi connectivity index (χ4v) is 4.42. The maximum atomic E-state index is 12.3. The minimum Gasteiger partial charge on any atom is -0.351 e. The highest BCUT2D eigenvalue weighted by atomic mass is 32.1. The number of nitrogens with one attached hydrogen (secondary N) is 1. The summed E-state index contributed by atoms with van der Waals surface area (Å²) in [5.74, 6) is 1.01. The van der Waals surface area contributed by atoms with Crippen molar-refractivity contribution in [3.05, 3.63) is 33.0 Å². The van der Waals surface area contributed by atoms with Crippen molar-refractivity contribution >= 4 is 23.2 Å². The third kappa shape index (κ3) is 2.60. The lowest BCUT2D eigenvalue weighted by atomic mass is 10.2. The van der Waals surface area contributed by atoms with Gasteiger partial charge in [0.2, 0.25) is 5.82 Å². The van der Waals surface area contributed by atoms with Gasteiger partial charge in [0.1, 0.15) is 5.82 Å². The fraction of sp³-hybridized carbons (Fsp3) is 0.500. The first kappa shape index (κ1) is 15.3. The molecule has 0 spiro atoms. The molecule has 0 atom stereocenters. The second-order valence-electron chi connectivity index (χ2n) is 6.24. The second-order valence-corrected chi connectivity index (χ2v) is 7.37. The number of amides is 2. The molecular formula is C16H19N5O2S. The Morgan fingerprint density at radius 2 is 2.21 bits per heavy atom. The Morgan fingerprint density at radius 3 is 3.04 bits per heavy atom. The van der Waals surface area contributed by atoms with E-state index in [1.165, 1.54) is 16.9 Å². The molecule has 0 fully saturated rings. The molecule has 0 bridgehead atoms. The summed E-state index contributed by atoms with van der Waals surface area (Å²) in [5.41, 5.74) is 1.33. The number of carbonyl (C=O) groups is 2. The highest BCUT2D eigenvalue weighted by molar-refractivity contribution is 7.14. The van der Waals surface area contributed by atoms with E-state index in [9.17, 15) is 9.59 Å². The number of hydrogen-bond donors (Lipinski definition) is 1. The number of aryl methyl sites for hydroxylation is 2.